The second kappa shape index (κ2) is 16.0. The van der Waals surface area contributed by atoms with Crippen LogP contribution in [-0.2, 0) is 9.22 Å². The van der Waals surface area contributed by atoms with Gasteiger partial charge in [0.2, 0.25) is 0 Å². The molecule has 3 unspecified atom stereocenters. The van der Waals surface area contributed by atoms with Crippen LogP contribution in [0.15, 0.2) is 35.2 Å². The van der Waals surface area contributed by atoms with Crippen molar-refractivity contribution in [3.8, 4) is 0 Å². The van der Waals surface area contributed by atoms with Gasteiger partial charge in [0.1, 0.15) is 5.25 Å². The number of thioether (sulfide) groups is 1. The summed E-state index contributed by atoms with van der Waals surface area (Å²) in [4.78, 5) is 12.8. The molecule has 0 spiro atoms. The zero-order valence-electron chi connectivity index (χ0n) is 22.5. The van der Waals surface area contributed by atoms with Gasteiger partial charge in [-0.15, -0.1) is 11.8 Å². The van der Waals surface area contributed by atoms with E-state index in [4.69, 9.17) is 4.43 Å². The first-order valence-corrected chi connectivity index (χ1v) is 17.1. The van der Waals surface area contributed by atoms with E-state index < -0.39 is 25.6 Å². The van der Waals surface area contributed by atoms with Crippen LogP contribution in [-0.4, -0.2) is 42.0 Å². The van der Waals surface area contributed by atoms with Crippen molar-refractivity contribution in [2.75, 3.05) is 0 Å². The van der Waals surface area contributed by atoms with Gasteiger partial charge in [0.05, 0.1) is 6.10 Å². The van der Waals surface area contributed by atoms with Crippen LogP contribution in [0.25, 0.3) is 0 Å². The lowest BCUT2D eigenvalue weighted by molar-refractivity contribution is -0.138. The molecule has 196 valence electrons. The molecule has 4 nitrogen and oxygen atoms in total. The van der Waals surface area contributed by atoms with Gasteiger partial charge in [-0.25, -0.2) is 0 Å². The van der Waals surface area contributed by atoms with Crippen LogP contribution in [0.1, 0.15) is 98.3 Å². The number of carboxylic acids is 1. The normalized spacial score (nSPS) is 15.1. The molecule has 0 saturated carbocycles. The summed E-state index contributed by atoms with van der Waals surface area (Å²) in [6.07, 6.45) is 11.6. The number of aliphatic carboxylic acids is 1. The quantitative estimate of drug-likeness (QED) is 0.118. The predicted octanol–water partition coefficient (Wildman–Crippen LogP) is 8.29. The summed E-state index contributed by atoms with van der Waals surface area (Å²) in [5.41, 5.74) is 0. The smallest absolute Gasteiger partial charge is 0.319 e. The van der Waals surface area contributed by atoms with E-state index >= 15 is 0 Å². The number of aliphatic hydroxyl groups excluding tert-OH is 1. The average Bonchev–Trinajstić information content (AvgIpc) is 2.75. The highest BCUT2D eigenvalue weighted by molar-refractivity contribution is 8.00. The fraction of sp³-hybridized carbons (Fsp3) is 0.750. The zero-order valence-corrected chi connectivity index (χ0v) is 24.3. The first-order chi connectivity index (χ1) is 16.0. The Morgan fingerprint density at radius 1 is 0.971 bits per heavy atom. The number of carboxylic acid groups (broad SMARTS) is 1. The SMILES string of the molecule is CCCCCCCCCCCC(CC(O)C(Sc1ccccc1)C(=O)O)O[Si](C)(C)C(C)(C)C. The highest BCUT2D eigenvalue weighted by Crippen LogP contribution is 2.39. The van der Waals surface area contributed by atoms with E-state index in [9.17, 15) is 15.0 Å². The summed E-state index contributed by atoms with van der Waals surface area (Å²) in [7, 11) is -2.03. The number of carbonyl (C=O) groups is 1. The first-order valence-electron chi connectivity index (χ1n) is 13.3. The fourth-order valence-corrected chi connectivity index (χ4v) is 6.21. The lowest BCUT2D eigenvalue weighted by atomic mass is 10.0. The van der Waals surface area contributed by atoms with Gasteiger partial charge in [-0.05, 0) is 43.1 Å². The van der Waals surface area contributed by atoms with Gasteiger partial charge < -0.3 is 14.6 Å². The van der Waals surface area contributed by atoms with Crippen molar-refractivity contribution in [2.45, 2.75) is 139 Å². The Labute approximate surface area is 214 Å². The number of rotatable bonds is 18. The molecule has 0 bridgehead atoms. The van der Waals surface area contributed by atoms with Crippen molar-refractivity contribution < 1.29 is 19.4 Å². The molecule has 1 rings (SSSR count). The maximum Gasteiger partial charge on any atom is 0.319 e. The molecule has 0 saturated heterocycles. The minimum atomic E-state index is -2.03. The Bertz CT molecular complexity index is 675. The van der Waals surface area contributed by atoms with Gasteiger partial charge in [-0.3, -0.25) is 4.79 Å². The summed E-state index contributed by atoms with van der Waals surface area (Å²) in [5, 5.41) is 20.0. The lowest BCUT2D eigenvalue weighted by Crippen LogP contribution is -2.45. The fourth-order valence-electron chi connectivity index (χ4n) is 3.83. The van der Waals surface area contributed by atoms with Crippen molar-refractivity contribution >= 4 is 26.0 Å². The third-order valence-corrected chi connectivity index (χ3v) is 12.8. The molecule has 0 radical (unpaired) electrons. The summed E-state index contributed by atoms with van der Waals surface area (Å²) in [6.45, 7) is 13.4. The molecule has 1 aromatic carbocycles. The minimum Gasteiger partial charge on any atom is -0.480 e. The molecule has 0 aliphatic carbocycles. The Hall–Kier alpha value is -0.823. The number of benzene rings is 1. The largest absolute Gasteiger partial charge is 0.480 e. The van der Waals surface area contributed by atoms with Crippen LogP contribution >= 0.6 is 11.8 Å². The molecule has 0 heterocycles. The standard InChI is InChI=1S/C28H50O4SSi/c1-7-8-9-10-11-12-13-14-16-19-23(32-34(5,6)28(2,3)4)22-25(29)26(27(30)31)33-24-20-17-15-18-21-24/h15,17-18,20-21,23,25-26,29H,7-14,16,19,22H2,1-6H3,(H,30,31). The molecule has 34 heavy (non-hydrogen) atoms. The molecule has 0 aliphatic rings. The van der Waals surface area contributed by atoms with E-state index in [2.05, 4.69) is 40.8 Å². The first kappa shape index (κ1) is 31.2. The molecular weight excluding hydrogens is 460 g/mol. The molecule has 0 fully saturated rings. The van der Waals surface area contributed by atoms with E-state index in [1.165, 1.54) is 63.1 Å². The van der Waals surface area contributed by atoms with Crippen molar-refractivity contribution in [3.63, 3.8) is 0 Å². The molecule has 6 heteroatoms. The van der Waals surface area contributed by atoms with E-state index in [0.717, 1.165) is 17.7 Å². The summed E-state index contributed by atoms with van der Waals surface area (Å²) in [5.74, 6) is -0.976. The van der Waals surface area contributed by atoms with Crippen LogP contribution in [0.4, 0.5) is 0 Å². The molecule has 0 aromatic heterocycles. The maximum atomic E-state index is 12.0. The molecule has 0 amide bonds. The number of unbranched alkanes of at least 4 members (excludes halogenated alkanes) is 8. The van der Waals surface area contributed by atoms with Crippen LogP contribution in [0.2, 0.25) is 18.1 Å². The van der Waals surface area contributed by atoms with E-state index in [-0.39, 0.29) is 11.1 Å². The second-order valence-electron chi connectivity index (χ2n) is 11.1. The number of aliphatic hydroxyl groups is 1. The number of hydrogen-bond donors (Lipinski definition) is 2. The predicted molar refractivity (Wildman–Crippen MR) is 148 cm³/mol. The van der Waals surface area contributed by atoms with Crippen LogP contribution < -0.4 is 0 Å². The third-order valence-electron chi connectivity index (χ3n) is 7.00. The molecule has 0 aliphatic heterocycles. The van der Waals surface area contributed by atoms with Crippen molar-refractivity contribution in [1.82, 2.24) is 0 Å². The molecular formula is C28H50O4SSi. The lowest BCUT2D eigenvalue weighted by Gasteiger charge is -2.40. The van der Waals surface area contributed by atoms with E-state index in [1.807, 2.05) is 30.3 Å². The Morgan fingerprint density at radius 2 is 1.50 bits per heavy atom. The number of hydrogen-bond acceptors (Lipinski definition) is 4. The van der Waals surface area contributed by atoms with Crippen LogP contribution in [0.3, 0.4) is 0 Å². The summed E-state index contributed by atoms with van der Waals surface area (Å²) >= 11 is 1.22. The molecule has 3 atom stereocenters. The van der Waals surface area contributed by atoms with Gasteiger partial charge in [0.25, 0.3) is 0 Å². The minimum absolute atomic E-state index is 0.0691. The maximum absolute atomic E-state index is 12.0. The third kappa shape index (κ3) is 12.2. The highest BCUT2D eigenvalue weighted by atomic mass is 32.2. The highest BCUT2D eigenvalue weighted by Gasteiger charge is 2.40. The van der Waals surface area contributed by atoms with Gasteiger partial charge in [-0.1, -0.05) is 104 Å². The molecule has 1 aromatic rings. The summed E-state index contributed by atoms with van der Waals surface area (Å²) < 4.78 is 6.70. The van der Waals surface area contributed by atoms with Crippen LogP contribution in [0, 0.1) is 0 Å². The van der Waals surface area contributed by atoms with Gasteiger partial charge >= 0.3 is 5.97 Å². The summed E-state index contributed by atoms with van der Waals surface area (Å²) in [6, 6.07) is 9.46. The molecule has 2 N–H and O–H groups in total. The Balaban J connectivity index is 2.70. The monoisotopic (exact) mass is 510 g/mol. The van der Waals surface area contributed by atoms with Crippen molar-refractivity contribution in [2.24, 2.45) is 0 Å². The topological polar surface area (TPSA) is 66.8 Å². The van der Waals surface area contributed by atoms with Gasteiger partial charge in [0.15, 0.2) is 8.32 Å². The Kier molecular flexibility index (Phi) is 14.7. The van der Waals surface area contributed by atoms with Crippen molar-refractivity contribution in [3.05, 3.63) is 30.3 Å². The average molecular weight is 511 g/mol. The zero-order chi connectivity index (χ0) is 25.6. The van der Waals surface area contributed by atoms with Gasteiger partial charge in [-0.2, -0.15) is 0 Å². The van der Waals surface area contributed by atoms with Crippen molar-refractivity contribution in [1.29, 1.82) is 0 Å². The van der Waals surface area contributed by atoms with Crippen LogP contribution in [0.5, 0.6) is 0 Å². The van der Waals surface area contributed by atoms with E-state index in [1.54, 1.807) is 0 Å². The Morgan fingerprint density at radius 3 is 2.00 bits per heavy atom. The van der Waals surface area contributed by atoms with Gasteiger partial charge in [0, 0.05) is 11.0 Å². The second-order valence-corrected chi connectivity index (χ2v) is 17.1. The van der Waals surface area contributed by atoms with E-state index in [0.29, 0.717) is 6.42 Å².